The van der Waals surface area contributed by atoms with Gasteiger partial charge in [-0.1, -0.05) is 6.07 Å². The van der Waals surface area contributed by atoms with Crippen LogP contribution in [-0.4, -0.2) is 32.6 Å². The van der Waals surface area contributed by atoms with Gasteiger partial charge in [-0.3, -0.25) is 4.79 Å². The second kappa shape index (κ2) is 5.73. The molecule has 1 aliphatic rings. The highest BCUT2D eigenvalue weighted by Crippen LogP contribution is 2.36. The number of carbonyl (C=O) groups excluding carboxylic acids is 1. The molecule has 1 unspecified atom stereocenters. The molecule has 3 aromatic rings. The van der Waals surface area contributed by atoms with Crippen molar-refractivity contribution in [3.63, 3.8) is 0 Å². The van der Waals surface area contributed by atoms with Crippen LogP contribution in [-0.2, 0) is 6.42 Å². The number of halogens is 2. The fraction of sp³-hybridized carbons (Fsp3) is 0.176. The highest BCUT2D eigenvalue weighted by molar-refractivity contribution is 6.08. The predicted molar refractivity (Wildman–Crippen MR) is 85.9 cm³/mol. The van der Waals surface area contributed by atoms with Gasteiger partial charge >= 0.3 is 0 Å². The Kier molecular flexibility index (Phi) is 3.52. The SMILES string of the molecule is CC1Cc2cc(-c3nn[nH]n3)ccc2N1C(=O)c1cccc(F)c1F. The number of hydrogen-bond donors (Lipinski definition) is 1. The van der Waals surface area contributed by atoms with Crippen molar-refractivity contribution in [2.24, 2.45) is 0 Å². The van der Waals surface area contributed by atoms with Crippen molar-refractivity contribution in [2.45, 2.75) is 19.4 Å². The van der Waals surface area contributed by atoms with E-state index in [1.807, 2.05) is 13.0 Å². The van der Waals surface area contributed by atoms with Crippen molar-refractivity contribution in [1.29, 1.82) is 0 Å². The van der Waals surface area contributed by atoms with Crippen molar-refractivity contribution < 1.29 is 13.6 Å². The maximum absolute atomic E-state index is 14.0. The Morgan fingerprint density at radius 3 is 2.88 bits per heavy atom. The molecule has 1 N–H and O–H groups in total. The monoisotopic (exact) mass is 341 g/mol. The average Bonchev–Trinajstić information content (AvgIpc) is 3.23. The first kappa shape index (κ1) is 15.4. The molecule has 1 atom stereocenters. The number of nitrogens with one attached hydrogen (secondary N) is 1. The number of rotatable bonds is 2. The van der Waals surface area contributed by atoms with Gasteiger partial charge in [0.25, 0.3) is 5.91 Å². The minimum atomic E-state index is -1.13. The van der Waals surface area contributed by atoms with Crippen LogP contribution >= 0.6 is 0 Å². The number of tetrazole rings is 1. The lowest BCUT2D eigenvalue weighted by atomic mass is 10.1. The Balaban J connectivity index is 1.73. The molecule has 1 amide bonds. The van der Waals surface area contributed by atoms with Crippen LogP contribution in [0.2, 0.25) is 0 Å². The first-order chi connectivity index (χ1) is 12.1. The Morgan fingerprint density at radius 2 is 2.12 bits per heavy atom. The van der Waals surface area contributed by atoms with E-state index in [0.29, 0.717) is 17.9 Å². The van der Waals surface area contributed by atoms with Crippen LogP contribution in [0, 0.1) is 11.6 Å². The first-order valence-electron chi connectivity index (χ1n) is 7.70. The lowest BCUT2D eigenvalue weighted by Gasteiger charge is -2.23. The molecular weight excluding hydrogens is 328 g/mol. The van der Waals surface area contributed by atoms with Crippen LogP contribution in [0.25, 0.3) is 11.4 Å². The normalized spacial score (nSPS) is 16.1. The minimum Gasteiger partial charge on any atom is -0.305 e. The summed E-state index contributed by atoms with van der Waals surface area (Å²) in [6, 6.07) is 8.84. The average molecular weight is 341 g/mol. The van der Waals surface area contributed by atoms with Crippen LogP contribution in [0.4, 0.5) is 14.5 Å². The summed E-state index contributed by atoms with van der Waals surface area (Å²) >= 11 is 0. The number of anilines is 1. The molecule has 4 rings (SSSR count). The zero-order valence-electron chi connectivity index (χ0n) is 13.2. The fourth-order valence-corrected chi connectivity index (χ4v) is 3.16. The van der Waals surface area contributed by atoms with E-state index in [-0.39, 0.29) is 11.6 Å². The number of hydrogen-bond acceptors (Lipinski definition) is 4. The molecule has 6 nitrogen and oxygen atoms in total. The number of aromatic amines is 1. The van der Waals surface area contributed by atoms with Gasteiger partial charge in [0.15, 0.2) is 11.6 Å². The zero-order valence-corrected chi connectivity index (χ0v) is 13.2. The van der Waals surface area contributed by atoms with Gasteiger partial charge in [-0.15, -0.1) is 10.2 Å². The third-order valence-electron chi connectivity index (χ3n) is 4.30. The molecule has 25 heavy (non-hydrogen) atoms. The molecule has 0 saturated carbocycles. The second-order valence-electron chi connectivity index (χ2n) is 5.91. The molecule has 8 heteroatoms. The number of carbonyl (C=O) groups is 1. The largest absolute Gasteiger partial charge is 0.305 e. The smallest absolute Gasteiger partial charge is 0.261 e. The molecule has 0 radical (unpaired) electrons. The number of benzene rings is 2. The highest BCUT2D eigenvalue weighted by Gasteiger charge is 2.33. The maximum atomic E-state index is 14.0. The van der Waals surface area contributed by atoms with Gasteiger partial charge in [0.1, 0.15) is 0 Å². The van der Waals surface area contributed by atoms with Gasteiger partial charge in [0.05, 0.1) is 5.56 Å². The number of H-pyrrole nitrogens is 1. The predicted octanol–water partition coefficient (Wildman–Crippen LogP) is 2.74. The molecule has 0 spiro atoms. The third kappa shape index (κ3) is 2.46. The summed E-state index contributed by atoms with van der Waals surface area (Å²) in [4.78, 5) is 14.3. The van der Waals surface area contributed by atoms with Crippen LogP contribution in [0.3, 0.4) is 0 Å². The zero-order chi connectivity index (χ0) is 17.6. The molecule has 1 aliphatic heterocycles. The summed E-state index contributed by atoms with van der Waals surface area (Å²) in [7, 11) is 0. The molecule has 0 saturated heterocycles. The Bertz CT molecular complexity index is 958. The van der Waals surface area contributed by atoms with Crippen LogP contribution in [0.15, 0.2) is 36.4 Å². The van der Waals surface area contributed by atoms with Gasteiger partial charge in [0.2, 0.25) is 5.82 Å². The topological polar surface area (TPSA) is 74.8 Å². The van der Waals surface area contributed by atoms with Crippen molar-refractivity contribution in [3.8, 4) is 11.4 Å². The molecule has 2 heterocycles. The molecule has 1 aromatic heterocycles. The van der Waals surface area contributed by atoms with Crippen LogP contribution in [0.5, 0.6) is 0 Å². The lowest BCUT2D eigenvalue weighted by Crippen LogP contribution is -2.36. The summed E-state index contributed by atoms with van der Waals surface area (Å²) in [5, 5.41) is 13.8. The summed E-state index contributed by atoms with van der Waals surface area (Å²) in [6.07, 6.45) is 0.601. The molecule has 0 aliphatic carbocycles. The van der Waals surface area contributed by atoms with E-state index in [0.717, 1.165) is 17.2 Å². The Morgan fingerprint density at radius 1 is 1.28 bits per heavy atom. The van der Waals surface area contributed by atoms with Gasteiger partial charge in [-0.2, -0.15) is 5.21 Å². The van der Waals surface area contributed by atoms with E-state index in [2.05, 4.69) is 20.6 Å². The highest BCUT2D eigenvalue weighted by atomic mass is 19.2. The molecule has 0 fully saturated rings. The standard InChI is InChI=1S/C17H13F2N5O/c1-9-7-11-8-10(16-20-22-23-21-16)5-6-14(11)24(9)17(25)12-3-2-4-13(18)15(12)19/h2-6,8-9H,7H2,1H3,(H,20,21,22,23). The van der Waals surface area contributed by atoms with E-state index < -0.39 is 17.5 Å². The van der Waals surface area contributed by atoms with Crippen molar-refractivity contribution >= 4 is 11.6 Å². The Labute approximate surface area is 141 Å². The number of amides is 1. The fourth-order valence-electron chi connectivity index (χ4n) is 3.16. The maximum Gasteiger partial charge on any atom is 0.261 e. The minimum absolute atomic E-state index is 0.175. The molecule has 0 bridgehead atoms. The summed E-state index contributed by atoms with van der Waals surface area (Å²) in [5.74, 6) is -2.27. The van der Waals surface area contributed by atoms with E-state index in [9.17, 15) is 13.6 Å². The van der Waals surface area contributed by atoms with Gasteiger partial charge in [0, 0.05) is 17.3 Å². The van der Waals surface area contributed by atoms with Gasteiger partial charge in [-0.25, -0.2) is 8.78 Å². The third-order valence-corrected chi connectivity index (χ3v) is 4.30. The molecule has 2 aromatic carbocycles. The second-order valence-corrected chi connectivity index (χ2v) is 5.91. The Hall–Kier alpha value is -3.16. The number of aromatic nitrogens is 4. The van der Waals surface area contributed by atoms with Crippen molar-refractivity contribution in [1.82, 2.24) is 20.6 Å². The lowest BCUT2D eigenvalue weighted by molar-refractivity contribution is 0.0976. The van der Waals surface area contributed by atoms with Crippen LogP contribution < -0.4 is 4.90 Å². The van der Waals surface area contributed by atoms with E-state index in [1.54, 1.807) is 12.1 Å². The summed E-state index contributed by atoms with van der Waals surface area (Å²) in [6.45, 7) is 1.86. The summed E-state index contributed by atoms with van der Waals surface area (Å²) < 4.78 is 27.5. The van der Waals surface area contributed by atoms with E-state index >= 15 is 0 Å². The summed E-state index contributed by atoms with van der Waals surface area (Å²) in [5.41, 5.74) is 2.08. The molecular formula is C17H13F2N5O. The van der Waals surface area contributed by atoms with E-state index in [4.69, 9.17) is 0 Å². The number of fused-ring (bicyclic) bond motifs is 1. The van der Waals surface area contributed by atoms with E-state index in [1.165, 1.54) is 17.0 Å². The van der Waals surface area contributed by atoms with Crippen molar-refractivity contribution in [3.05, 3.63) is 59.2 Å². The molecule has 126 valence electrons. The van der Waals surface area contributed by atoms with Crippen LogP contribution in [0.1, 0.15) is 22.8 Å². The van der Waals surface area contributed by atoms with Gasteiger partial charge in [-0.05, 0) is 54.5 Å². The van der Waals surface area contributed by atoms with Gasteiger partial charge < -0.3 is 4.90 Å². The number of nitrogens with zero attached hydrogens (tertiary/aromatic N) is 4. The van der Waals surface area contributed by atoms with Crippen molar-refractivity contribution in [2.75, 3.05) is 4.90 Å². The quantitative estimate of drug-likeness (QED) is 0.778. The first-order valence-corrected chi connectivity index (χ1v) is 7.70.